The highest BCUT2D eigenvalue weighted by atomic mass is 19.1. The Bertz CT molecular complexity index is 620. The molecule has 2 heterocycles. The Morgan fingerprint density at radius 1 is 1.48 bits per heavy atom. The van der Waals surface area contributed by atoms with E-state index in [1.165, 1.54) is 4.90 Å². The number of amides is 1. The van der Waals surface area contributed by atoms with E-state index in [9.17, 15) is 14.0 Å². The molecule has 1 aromatic rings. The SMILES string of the molecule is C[C@@H]1CC[C@H](/C(N)=N/OC(=O)c2ccc(F)cn2)CN1C(=O)O. The Morgan fingerprint density at radius 3 is 2.83 bits per heavy atom. The molecule has 3 N–H and O–H groups in total. The number of oxime groups is 1. The van der Waals surface area contributed by atoms with Gasteiger partial charge in [-0.15, -0.1) is 0 Å². The maximum absolute atomic E-state index is 12.7. The molecule has 0 spiro atoms. The van der Waals surface area contributed by atoms with Gasteiger partial charge in [0.25, 0.3) is 0 Å². The van der Waals surface area contributed by atoms with Crippen LogP contribution in [0.3, 0.4) is 0 Å². The van der Waals surface area contributed by atoms with Crippen LogP contribution in [-0.2, 0) is 4.84 Å². The van der Waals surface area contributed by atoms with E-state index in [-0.39, 0.29) is 30.0 Å². The van der Waals surface area contributed by atoms with E-state index in [1.54, 1.807) is 0 Å². The number of nitrogens with two attached hydrogens (primary N) is 1. The number of carbonyl (C=O) groups is 2. The molecule has 0 aliphatic carbocycles. The lowest BCUT2D eigenvalue weighted by Gasteiger charge is -2.35. The molecule has 8 nitrogen and oxygen atoms in total. The van der Waals surface area contributed by atoms with Crippen LogP contribution in [0.2, 0.25) is 0 Å². The highest BCUT2D eigenvalue weighted by molar-refractivity contribution is 5.89. The molecule has 0 radical (unpaired) electrons. The Morgan fingerprint density at radius 2 is 2.22 bits per heavy atom. The summed E-state index contributed by atoms with van der Waals surface area (Å²) in [6.45, 7) is 2.01. The van der Waals surface area contributed by atoms with Crippen LogP contribution in [0.5, 0.6) is 0 Å². The maximum Gasteiger partial charge on any atom is 0.407 e. The third-order valence-electron chi connectivity index (χ3n) is 3.72. The number of carboxylic acid groups (broad SMARTS) is 1. The number of nitrogens with zero attached hydrogens (tertiary/aromatic N) is 3. The van der Waals surface area contributed by atoms with Gasteiger partial charge >= 0.3 is 12.1 Å². The molecule has 0 unspecified atom stereocenters. The molecule has 9 heteroatoms. The number of pyridine rings is 1. The molecule has 1 aliphatic rings. The summed E-state index contributed by atoms with van der Waals surface area (Å²) in [6.07, 6.45) is 1.15. The number of halogens is 1. The summed E-state index contributed by atoms with van der Waals surface area (Å²) in [5, 5.41) is 12.7. The first-order valence-electron chi connectivity index (χ1n) is 7.04. The second-order valence-corrected chi connectivity index (χ2v) is 5.31. The van der Waals surface area contributed by atoms with E-state index in [4.69, 9.17) is 10.8 Å². The molecule has 1 aliphatic heterocycles. The number of amidine groups is 1. The van der Waals surface area contributed by atoms with Crippen LogP contribution < -0.4 is 5.73 Å². The number of aromatic nitrogens is 1. The van der Waals surface area contributed by atoms with Gasteiger partial charge in [-0.25, -0.2) is 19.0 Å². The molecular weight excluding hydrogens is 307 g/mol. The zero-order chi connectivity index (χ0) is 17.0. The second-order valence-electron chi connectivity index (χ2n) is 5.31. The number of hydrogen-bond acceptors (Lipinski definition) is 5. The molecule has 124 valence electrons. The molecular formula is C14H17FN4O4. The topological polar surface area (TPSA) is 118 Å². The minimum Gasteiger partial charge on any atom is -0.465 e. The van der Waals surface area contributed by atoms with Crippen molar-refractivity contribution in [1.29, 1.82) is 0 Å². The van der Waals surface area contributed by atoms with Crippen molar-refractivity contribution in [2.75, 3.05) is 6.54 Å². The van der Waals surface area contributed by atoms with Crippen molar-refractivity contribution in [2.24, 2.45) is 16.8 Å². The molecule has 0 saturated carbocycles. The van der Waals surface area contributed by atoms with Crippen LogP contribution in [0.1, 0.15) is 30.3 Å². The van der Waals surface area contributed by atoms with E-state index in [0.717, 1.165) is 18.3 Å². The van der Waals surface area contributed by atoms with Gasteiger partial charge in [-0.1, -0.05) is 5.16 Å². The van der Waals surface area contributed by atoms with E-state index in [0.29, 0.717) is 12.8 Å². The molecule has 1 amide bonds. The summed E-state index contributed by atoms with van der Waals surface area (Å²) in [5.74, 6) is -1.73. The molecule has 0 bridgehead atoms. The van der Waals surface area contributed by atoms with Crippen LogP contribution in [0.25, 0.3) is 0 Å². The van der Waals surface area contributed by atoms with Crippen molar-refractivity contribution in [3.05, 3.63) is 29.8 Å². The molecule has 1 aromatic heterocycles. The monoisotopic (exact) mass is 324 g/mol. The van der Waals surface area contributed by atoms with Gasteiger partial charge in [0.05, 0.1) is 6.20 Å². The van der Waals surface area contributed by atoms with E-state index < -0.39 is 17.9 Å². The summed E-state index contributed by atoms with van der Waals surface area (Å²) in [6, 6.07) is 2.14. The summed E-state index contributed by atoms with van der Waals surface area (Å²) < 4.78 is 12.7. The van der Waals surface area contributed by atoms with E-state index in [1.807, 2.05) is 6.92 Å². The molecule has 1 fully saturated rings. The molecule has 23 heavy (non-hydrogen) atoms. The highest BCUT2D eigenvalue weighted by Crippen LogP contribution is 2.22. The van der Waals surface area contributed by atoms with Gasteiger partial charge < -0.3 is 20.6 Å². The van der Waals surface area contributed by atoms with Crippen LogP contribution >= 0.6 is 0 Å². The van der Waals surface area contributed by atoms with Crippen molar-refractivity contribution in [3.63, 3.8) is 0 Å². The fraction of sp³-hybridized carbons (Fsp3) is 0.429. The number of piperidine rings is 1. The standard InChI is InChI=1S/C14H17FN4O4/c1-8-2-3-9(7-19(8)14(21)22)12(16)18-23-13(20)11-5-4-10(15)6-17-11/h4-6,8-9H,2-3,7H2,1H3,(H2,16,18)(H,21,22)/t8-,9+/m1/s1. The number of likely N-dealkylation sites (tertiary alicyclic amines) is 1. The predicted octanol–water partition coefficient (Wildman–Crippen LogP) is 1.43. The summed E-state index contributed by atoms with van der Waals surface area (Å²) in [4.78, 5) is 32.4. The Hall–Kier alpha value is -2.71. The first kappa shape index (κ1) is 16.7. The lowest BCUT2D eigenvalue weighted by atomic mass is 9.93. The summed E-state index contributed by atoms with van der Waals surface area (Å²) in [7, 11) is 0. The highest BCUT2D eigenvalue weighted by Gasteiger charge is 2.31. The van der Waals surface area contributed by atoms with Gasteiger partial charge in [-0.2, -0.15) is 0 Å². The third-order valence-corrected chi connectivity index (χ3v) is 3.72. The summed E-state index contributed by atoms with van der Waals surface area (Å²) >= 11 is 0. The van der Waals surface area contributed by atoms with Crippen molar-refractivity contribution < 1.29 is 23.9 Å². The zero-order valence-electron chi connectivity index (χ0n) is 12.5. The van der Waals surface area contributed by atoms with Gasteiger partial charge in [0.1, 0.15) is 11.7 Å². The molecule has 2 rings (SSSR count). The molecule has 2 atom stereocenters. The number of rotatable bonds is 3. The fourth-order valence-electron chi connectivity index (χ4n) is 2.33. The lowest BCUT2D eigenvalue weighted by Crippen LogP contribution is -2.48. The minimum absolute atomic E-state index is 0.0404. The zero-order valence-corrected chi connectivity index (χ0v) is 12.5. The number of carbonyl (C=O) groups excluding carboxylic acids is 1. The first-order chi connectivity index (χ1) is 10.9. The maximum atomic E-state index is 12.7. The smallest absolute Gasteiger partial charge is 0.407 e. The van der Waals surface area contributed by atoms with Gasteiger partial charge in [-0.05, 0) is 31.9 Å². The summed E-state index contributed by atoms with van der Waals surface area (Å²) in [5.41, 5.74) is 5.68. The van der Waals surface area contributed by atoms with E-state index >= 15 is 0 Å². The van der Waals surface area contributed by atoms with Crippen molar-refractivity contribution in [2.45, 2.75) is 25.8 Å². The molecule has 1 saturated heterocycles. The minimum atomic E-state index is -1.03. The van der Waals surface area contributed by atoms with Crippen molar-refractivity contribution in [1.82, 2.24) is 9.88 Å². The van der Waals surface area contributed by atoms with Crippen LogP contribution in [0, 0.1) is 11.7 Å². The largest absolute Gasteiger partial charge is 0.465 e. The predicted molar refractivity (Wildman–Crippen MR) is 78.1 cm³/mol. The lowest BCUT2D eigenvalue weighted by molar-refractivity contribution is 0.0501. The van der Waals surface area contributed by atoms with Crippen LogP contribution in [-0.4, -0.2) is 45.5 Å². The quantitative estimate of drug-likeness (QED) is 0.376. The fourth-order valence-corrected chi connectivity index (χ4v) is 2.33. The Balaban J connectivity index is 1.98. The Labute approximate surface area is 131 Å². The third kappa shape index (κ3) is 4.15. The van der Waals surface area contributed by atoms with Gasteiger partial charge in [-0.3, -0.25) is 0 Å². The van der Waals surface area contributed by atoms with Crippen molar-refractivity contribution in [3.8, 4) is 0 Å². The van der Waals surface area contributed by atoms with Gasteiger partial charge in [0, 0.05) is 18.5 Å². The first-order valence-corrected chi connectivity index (χ1v) is 7.04. The average molecular weight is 324 g/mol. The van der Waals surface area contributed by atoms with Gasteiger partial charge in [0.2, 0.25) is 0 Å². The van der Waals surface area contributed by atoms with E-state index in [2.05, 4.69) is 15.0 Å². The molecule has 0 aromatic carbocycles. The average Bonchev–Trinajstić information content (AvgIpc) is 2.53. The van der Waals surface area contributed by atoms with Crippen molar-refractivity contribution >= 4 is 17.9 Å². The number of hydrogen-bond donors (Lipinski definition) is 2. The van der Waals surface area contributed by atoms with Crippen LogP contribution in [0.15, 0.2) is 23.5 Å². The Kier molecular flexibility index (Phi) is 5.09. The second kappa shape index (κ2) is 7.03. The van der Waals surface area contributed by atoms with Gasteiger partial charge in [0.15, 0.2) is 5.69 Å². The van der Waals surface area contributed by atoms with Crippen LogP contribution in [0.4, 0.5) is 9.18 Å². The normalized spacial score (nSPS) is 21.8.